The van der Waals surface area contributed by atoms with Gasteiger partial charge in [0.25, 0.3) is 0 Å². The van der Waals surface area contributed by atoms with E-state index in [1.165, 1.54) is 23.8 Å². The first-order valence-electron chi connectivity index (χ1n) is 8.79. The van der Waals surface area contributed by atoms with Crippen LogP contribution in [-0.2, 0) is 9.53 Å². The highest BCUT2D eigenvalue weighted by atomic mass is 32.1. The molecule has 0 amide bonds. The molecule has 3 aromatic rings. The predicted octanol–water partition coefficient (Wildman–Crippen LogP) is 4.06. The Hall–Kier alpha value is -2.47. The van der Waals surface area contributed by atoms with Gasteiger partial charge in [-0.15, -0.1) is 11.3 Å². The number of nitrogens with zero attached hydrogens (tertiary/aromatic N) is 3. The SMILES string of the molecule is COC(=O)C1CCN(c2ncnc3scc(-c4ccc(C)cc4)c23)CC1. The molecule has 1 aliphatic rings. The summed E-state index contributed by atoms with van der Waals surface area (Å²) in [7, 11) is 1.46. The van der Waals surface area contributed by atoms with E-state index < -0.39 is 0 Å². The van der Waals surface area contributed by atoms with Crippen LogP contribution in [0.25, 0.3) is 21.3 Å². The number of aryl methyl sites for hydroxylation is 1. The number of hydrogen-bond donors (Lipinski definition) is 0. The van der Waals surface area contributed by atoms with Crippen LogP contribution in [0.1, 0.15) is 18.4 Å². The largest absolute Gasteiger partial charge is 0.469 e. The Morgan fingerprint density at radius 2 is 1.92 bits per heavy atom. The molecule has 0 unspecified atom stereocenters. The predicted molar refractivity (Wildman–Crippen MR) is 105 cm³/mol. The first kappa shape index (κ1) is 17.0. The van der Waals surface area contributed by atoms with Crippen LogP contribution in [0.2, 0.25) is 0 Å². The molecule has 1 aromatic carbocycles. The number of carbonyl (C=O) groups is 1. The van der Waals surface area contributed by atoms with Crippen molar-refractivity contribution in [3.05, 3.63) is 41.5 Å². The number of ether oxygens (including phenoxy) is 1. The molecule has 5 nitrogen and oxygen atoms in total. The molecule has 4 rings (SSSR count). The van der Waals surface area contributed by atoms with Crippen molar-refractivity contribution in [1.82, 2.24) is 9.97 Å². The molecule has 26 heavy (non-hydrogen) atoms. The lowest BCUT2D eigenvalue weighted by molar-refractivity contribution is -0.146. The van der Waals surface area contributed by atoms with Crippen molar-refractivity contribution in [3.8, 4) is 11.1 Å². The van der Waals surface area contributed by atoms with Gasteiger partial charge in [0.2, 0.25) is 0 Å². The molecule has 0 saturated carbocycles. The van der Waals surface area contributed by atoms with Gasteiger partial charge in [-0.05, 0) is 25.3 Å². The third-order valence-electron chi connectivity index (χ3n) is 5.04. The van der Waals surface area contributed by atoms with Crippen LogP contribution in [0.5, 0.6) is 0 Å². The van der Waals surface area contributed by atoms with Crippen molar-refractivity contribution in [3.63, 3.8) is 0 Å². The van der Waals surface area contributed by atoms with Crippen LogP contribution >= 0.6 is 11.3 Å². The van der Waals surface area contributed by atoms with Gasteiger partial charge in [-0.2, -0.15) is 0 Å². The summed E-state index contributed by atoms with van der Waals surface area (Å²) in [4.78, 5) is 24.1. The van der Waals surface area contributed by atoms with E-state index in [4.69, 9.17) is 4.74 Å². The highest BCUT2D eigenvalue weighted by molar-refractivity contribution is 7.17. The third-order valence-corrected chi connectivity index (χ3v) is 5.93. The van der Waals surface area contributed by atoms with Crippen LogP contribution < -0.4 is 4.90 Å². The molecular formula is C20H21N3O2S. The molecule has 3 heterocycles. The highest BCUT2D eigenvalue weighted by Gasteiger charge is 2.27. The van der Waals surface area contributed by atoms with Crippen molar-refractivity contribution >= 4 is 33.3 Å². The van der Waals surface area contributed by atoms with E-state index in [1.807, 2.05) is 0 Å². The Kier molecular flexibility index (Phi) is 4.59. The lowest BCUT2D eigenvalue weighted by Gasteiger charge is -2.32. The minimum atomic E-state index is -0.103. The quantitative estimate of drug-likeness (QED) is 0.654. The van der Waals surface area contributed by atoms with Gasteiger partial charge >= 0.3 is 5.97 Å². The van der Waals surface area contributed by atoms with E-state index in [2.05, 4.69) is 51.4 Å². The van der Waals surface area contributed by atoms with Crippen molar-refractivity contribution in [1.29, 1.82) is 0 Å². The fraction of sp³-hybridized carbons (Fsp3) is 0.350. The number of hydrogen-bond acceptors (Lipinski definition) is 6. The Balaban J connectivity index is 1.69. The summed E-state index contributed by atoms with van der Waals surface area (Å²) in [6.07, 6.45) is 3.23. The minimum absolute atomic E-state index is 0.00683. The van der Waals surface area contributed by atoms with Gasteiger partial charge in [0, 0.05) is 24.0 Å². The summed E-state index contributed by atoms with van der Waals surface area (Å²) in [5.74, 6) is 0.858. The monoisotopic (exact) mass is 367 g/mol. The topological polar surface area (TPSA) is 55.3 Å². The van der Waals surface area contributed by atoms with E-state index in [-0.39, 0.29) is 11.9 Å². The van der Waals surface area contributed by atoms with Gasteiger partial charge < -0.3 is 9.64 Å². The second-order valence-corrected chi connectivity index (χ2v) is 7.54. The fourth-order valence-corrected chi connectivity index (χ4v) is 4.45. The molecule has 0 spiro atoms. The van der Waals surface area contributed by atoms with Gasteiger partial charge in [0.1, 0.15) is 17.0 Å². The van der Waals surface area contributed by atoms with Crippen LogP contribution in [0.15, 0.2) is 36.0 Å². The average Bonchev–Trinajstić information content (AvgIpc) is 3.12. The fourth-order valence-electron chi connectivity index (χ4n) is 3.54. The maximum atomic E-state index is 11.8. The maximum absolute atomic E-state index is 11.8. The number of aromatic nitrogens is 2. The summed E-state index contributed by atoms with van der Waals surface area (Å²) < 4.78 is 4.89. The number of methoxy groups -OCH3 is 1. The summed E-state index contributed by atoms with van der Waals surface area (Å²) in [6.45, 7) is 3.69. The molecule has 1 fully saturated rings. The number of anilines is 1. The van der Waals surface area contributed by atoms with Crippen molar-refractivity contribution < 1.29 is 9.53 Å². The molecule has 0 N–H and O–H groups in total. The van der Waals surface area contributed by atoms with E-state index in [0.29, 0.717) is 0 Å². The number of thiophene rings is 1. The molecule has 0 atom stereocenters. The third kappa shape index (κ3) is 3.05. The molecule has 0 bridgehead atoms. The highest BCUT2D eigenvalue weighted by Crippen LogP contribution is 2.38. The molecular weight excluding hydrogens is 346 g/mol. The molecule has 1 saturated heterocycles. The molecule has 6 heteroatoms. The zero-order valence-electron chi connectivity index (χ0n) is 14.9. The van der Waals surface area contributed by atoms with Crippen molar-refractivity contribution in [2.24, 2.45) is 5.92 Å². The molecule has 1 aliphatic heterocycles. The number of benzene rings is 1. The van der Waals surface area contributed by atoms with E-state index in [0.717, 1.165) is 42.0 Å². The Labute approximate surface area is 156 Å². The summed E-state index contributed by atoms with van der Waals surface area (Å²) >= 11 is 1.65. The Bertz CT molecular complexity index is 928. The number of esters is 1. The van der Waals surface area contributed by atoms with Gasteiger partial charge in [-0.25, -0.2) is 9.97 Å². The molecule has 134 valence electrons. The van der Waals surface area contributed by atoms with Crippen LogP contribution in [-0.4, -0.2) is 36.1 Å². The lowest BCUT2D eigenvalue weighted by atomic mass is 9.96. The van der Waals surface area contributed by atoms with E-state index in [1.54, 1.807) is 17.7 Å². The maximum Gasteiger partial charge on any atom is 0.308 e. The zero-order valence-corrected chi connectivity index (χ0v) is 15.8. The summed E-state index contributed by atoms with van der Waals surface area (Å²) in [6, 6.07) is 8.56. The molecule has 0 aliphatic carbocycles. The first-order chi connectivity index (χ1) is 12.7. The standard InChI is InChI=1S/C20H21N3O2S/c1-13-3-5-14(6-4-13)16-11-26-19-17(16)18(21-12-22-19)23-9-7-15(8-10-23)20(24)25-2/h3-6,11-12,15H,7-10H2,1-2H3. The summed E-state index contributed by atoms with van der Waals surface area (Å²) in [5.41, 5.74) is 3.60. The van der Waals surface area contributed by atoms with Crippen LogP contribution in [0, 0.1) is 12.8 Å². The Morgan fingerprint density at radius 1 is 1.19 bits per heavy atom. The first-order valence-corrected chi connectivity index (χ1v) is 9.67. The second-order valence-electron chi connectivity index (χ2n) is 6.68. The zero-order chi connectivity index (χ0) is 18.1. The van der Waals surface area contributed by atoms with Crippen LogP contribution in [0.4, 0.5) is 5.82 Å². The van der Waals surface area contributed by atoms with Gasteiger partial charge in [0.05, 0.1) is 18.4 Å². The second kappa shape index (κ2) is 7.03. The molecule has 2 aromatic heterocycles. The minimum Gasteiger partial charge on any atom is -0.469 e. The number of carbonyl (C=O) groups excluding carboxylic acids is 1. The molecule has 0 radical (unpaired) electrons. The van der Waals surface area contributed by atoms with E-state index >= 15 is 0 Å². The number of rotatable bonds is 3. The smallest absolute Gasteiger partial charge is 0.308 e. The van der Waals surface area contributed by atoms with Gasteiger partial charge in [-0.3, -0.25) is 4.79 Å². The van der Waals surface area contributed by atoms with Gasteiger partial charge in [0.15, 0.2) is 0 Å². The van der Waals surface area contributed by atoms with Crippen molar-refractivity contribution in [2.45, 2.75) is 19.8 Å². The number of piperidine rings is 1. The summed E-state index contributed by atoms with van der Waals surface area (Å²) in [5, 5.41) is 3.27. The lowest BCUT2D eigenvalue weighted by Crippen LogP contribution is -2.37. The van der Waals surface area contributed by atoms with E-state index in [9.17, 15) is 4.79 Å². The van der Waals surface area contributed by atoms with Crippen LogP contribution in [0.3, 0.4) is 0 Å². The number of fused-ring (bicyclic) bond motifs is 1. The normalized spacial score (nSPS) is 15.4. The average molecular weight is 367 g/mol. The van der Waals surface area contributed by atoms with Gasteiger partial charge in [-0.1, -0.05) is 29.8 Å². The Morgan fingerprint density at radius 3 is 2.62 bits per heavy atom. The van der Waals surface area contributed by atoms with Crippen molar-refractivity contribution in [2.75, 3.05) is 25.1 Å².